The molecule has 0 unspecified atom stereocenters. The molecule has 0 aliphatic carbocycles. The van der Waals surface area contributed by atoms with Crippen LogP contribution in [0.15, 0.2) is 0 Å². The molecule has 0 bridgehead atoms. The van der Waals surface area contributed by atoms with Gasteiger partial charge in [0.2, 0.25) is 0 Å². The third-order valence-corrected chi connectivity index (χ3v) is 1.79. The molecule has 0 saturated carbocycles. The van der Waals surface area contributed by atoms with E-state index in [9.17, 15) is 0 Å². The molecule has 1 N–H and O–H groups in total. The Labute approximate surface area is 57.2 Å². The smallest absolute Gasteiger partial charge is 0.0104 e. The van der Waals surface area contributed by atoms with E-state index in [2.05, 4.69) is 24.2 Å². The van der Waals surface area contributed by atoms with Crippen LogP contribution in [-0.2, 0) is 0 Å². The molecule has 1 fully saturated rings. The second-order valence-corrected chi connectivity index (χ2v) is 3.07. The molecule has 1 aliphatic heterocycles. The van der Waals surface area contributed by atoms with Crippen LogP contribution < -0.4 is 5.32 Å². The zero-order valence-electron chi connectivity index (χ0n) is 6.35. The van der Waals surface area contributed by atoms with Crippen molar-refractivity contribution in [2.75, 3.05) is 33.2 Å². The lowest BCUT2D eigenvalue weighted by Crippen LogP contribution is -2.24. The van der Waals surface area contributed by atoms with Gasteiger partial charge in [-0.05, 0) is 19.5 Å². The second kappa shape index (κ2) is 3.18. The lowest BCUT2D eigenvalue weighted by atomic mass is 10.2. The molecular formula is C7H16N2. The average Bonchev–Trinajstić information content (AvgIpc) is 1.93. The Kier molecular flexibility index (Phi) is 2.49. The molecule has 0 amide bonds. The summed E-state index contributed by atoms with van der Waals surface area (Å²) in [4.78, 5) is 2.38. The van der Waals surface area contributed by atoms with Gasteiger partial charge in [-0.25, -0.2) is 0 Å². The van der Waals surface area contributed by atoms with Crippen LogP contribution in [-0.4, -0.2) is 38.1 Å². The first-order valence-electron chi connectivity index (χ1n) is 3.68. The van der Waals surface area contributed by atoms with E-state index in [1.54, 1.807) is 0 Å². The van der Waals surface area contributed by atoms with E-state index in [1.807, 2.05) is 0 Å². The first-order valence-corrected chi connectivity index (χ1v) is 3.68. The molecule has 1 aliphatic rings. The first-order chi connectivity index (χ1) is 4.29. The maximum atomic E-state index is 3.39. The highest BCUT2D eigenvalue weighted by molar-refractivity contribution is 4.67. The van der Waals surface area contributed by atoms with Crippen molar-refractivity contribution in [3.63, 3.8) is 0 Å². The Balaban J connectivity index is 2.29. The number of likely N-dealkylation sites (N-methyl/N-ethyl adjacent to an activating group) is 1. The number of rotatable bonds is 0. The average molecular weight is 128 g/mol. The lowest BCUT2D eigenvalue weighted by Gasteiger charge is -2.14. The molecule has 9 heavy (non-hydrogen) atoms. The van der Waals surface area contributed by atoms with Crippen molar-refractivity contribution in [1.29, 1.82) is 0 Å². The highest BCUT2D eigenvalue weighted by atomic mass is 15.1. The fourth-order valence-corrected chi connectivity index (χ4v) is 1.31. The normalized spacial score (nSPS) is 32.0. The summed E-state index contributed by atoms with van der Waals surface area (Å²) in [7, 11) is 2.18. The second-order valence-electron chi connectivity index (χ2n) is 3.07. The Hall–Kier alpha value is -0.0800. The van der Waals surface area contributed by atoms with E-state index < -0.39 is 0 Å². The van der Waals surface area contributed by atoms with E-state index in [4.69, 9.17) is 0 Å². The number of nitrogens with zero attached hydrogens (tertiary/aromatic N) is 1. The molecular weight excluding hydrogens is 112 g/mol. The SMILES string of the molecule is C[C@@H]1CNCCN(C)C1. The predicted octanol–water partition coefficient (Wildman–Crippen LogP) is 0.157. The van der Waals surface area contributed by atoms with Gasteiger partial charge in [-0.3, -0.25) is 0 Å². The fourth-order valence-electron chi connectivity index (χ4n) is 1.31. The van der Waals surface area contributed by atoms with Crippen molar-refractivity contribution in [2.24, 2.45) is 5.92 Å². The minimum atomic E-state index is 0.817. The molecule has 0 spiro atoms. The van der Waals surface area contributed by atoms with Crippen molar-refractivity contribution >= 4 is 0 Å². The largest absolute Gasteiger partial charge is 0.315 e. The summed E-state index contributed by atoms with van der Waals surface area (Å²) in [6, 6.07) is 0. The highest BCUT2D eigenvalue weighted by Gasteiger charge is 2.08. The molecule has 2 nitrogen and oxygen atoms in total. The highest BCUT2D eigenvalue weighted by Crippen LogP contribution is 1.98. The van der Waals surface area contributed by atoms with Crippen molar-refractivity contribution in [3.8, 4) is 0 Å². The summed E-state index contributed by atoms with van der Waals surface area (Å²) in [6.45, 7) is 7.07. The van der Waals surface area contributed by atoms with Gasteiger partial charge < -0.3 is 10.2 Å². The van der Waals surface area contributed by atoms with E-state index in [1.165, 1.54) is 19.6 Å². The first kappa shape index (κ1) is 7.03. The summed E-state index contributed by atoms with van der Waals surface area (Å²) in [5.74, 6) is 0.817. The van der Waals surface area contributed by atoms with Crippen molar-refractivity contribution in [1.82, 2.24) is 10.2 Å². The van der Waals surface area contributed by atoms with Gasteiger partial charge in [0.15, 0.2) is 0 Å². The zero-order valence-corrected chi connectivity index (χ0v) is 6.35. The summed E-state index contributed by atoms with van der Waals surface area (Å²) in [6.07, 6.45) is 0. The van der Waals surface area contributed by atoms with Gasteiger partial charge in [0.05, 0.1) is 0 Å². The number of nitrogens with one attached hydrogen (secondary N) is 1. The van der Waals surface area contributed by atoms with Crippen LogP contribution in [0.1, 0.15) is 6.92 Å². The number of hydrogen-bond acceptors (Lipinski definition) is 2. The maximum Gasteiger partial charge on any atom is 0.0104 e. The van der Waals surface area contributed by atoms with Gasteiger partial charge in [-0.1, -0.05) is 6.92 Å². The summed E-state index contributed by atoms with van der Waals surface area (Å²) in [5.41, 5.74) is 0. The van der Waals surface area contributed by atoms with E-state index >= 15 is 0 Å². The maximum absolute atomic E-state index is 3.39. The predicted molar refractivity (Wildman–Crippen MR) is 39.5 cm³/mol. The molecule has 0 aromatic carbocycles. The van der Waals surface area contributed by atoms with E-state index in [-0.39, 0.29) is 0 Å². The molecule has 1 rings (SSSR count). The van der Waals surface area contributed by atoms with Crippen LogP contribution in [0.2, 0.25) is 0 Å². The molecule has 1 saturated heterocycles. The lowest BCUT2D eigenvalue weighted by molar-refractivity contribution is 0.321. The Morgan fingerprint density at radius 3 is 3.11 bits per heavy atom. The minimum Gasteiger partial charge on any atom is -0.315 e. The standard InChI is InChI=1S/C7H16N2/c1-7-5-8-3-4-9(2)6-7/h7-8H,3-6H2,1-2H3/t7-/m1/s1. The zero-order chi connectivity index (χ0) is 6.69. The van der Waals surface area contributed by atoms with E-state index in [0.717, 1.165) is 12.5 Å². The van der Waals surface area contributed by atoms with Crippen LogP contribution in [0.25, 0.3) is 0 Å². The van der Waals surface area contributed by atoms with Crippen molar-refractivity contribution in [2.45, 2.75) is 6.92 Å². The molecule has 0 aromatic rings. The topological polar surface area (TPSA) is 15.3 Å². The van der Waals surface area contributed by atoms with Gasteiger partial charge in [0.25, 0.3) is 0 Å². The Bertz CT molecular complexity index is 73.0. The molecule has 0 radical (unpaired) electrons. The fraction of sp³-hybridized carbons (Fsp3) is 1.00. The molecule has 54 valence electrons. The van der Waals surface area contributed by atoms with Gasteiger partial charge >= 0.3 is 0 Å². The van der Waals surface area contributed by atoms with Crippen molar-refractivity contribution < 1.29 is 0 Å². The number of hydrogen-bond donors (Lipinski definition) is 1. The molecule has 0 aromatic heterocycles. The third-order valence-electron chi connectivity index (χ3n) is 1.79. The summed E-state index contributed by atoms with van der Waals surface area (Å²) in [5, 5.41) is 3.39. The quantitative estimate of drug-likeness (QED) is 0.500. The van der Waals surface area contributed by atoms with Gasteiger partial charge in [-0.15, -0.1) is 0 Å². The van der Waals surface area contributed by atoms with Crippen LogP contribution in [0.3, 0.4) is 0 Å². The summed E-state index contributed by atoms with van der Waals surface area (Å²) >= 11 is 0. The molecule has 1 heterocycles. The van der Waals surface area contributed by atoms with Crippen LogP contribution in [0, 0.1) is 5.92 Å². The van der Waals surface area contributed by atoms with E-state index in [0.29, 0.717) is 0 Å². The van der Waals surface area contributed by atoms with Crippen LogP contribution >= 0.6 is 0 Å². The minimum absolute atomic E-state index is 0.817. The monoisotopic (exact) mass is 128 g/mol. The molecule has 1 atom stereocenters. The van der Waals surface area contributed by atoms with Gasteiger partial charge in [0.1, 0.15) is 0 Å². The van der Waals surface area contributed by atoms with Crippen LogP contribution in [0.5, 0.6) is 0 Å². The Morgan fingerprint density at radius 2 is 2.33 bits per heavy atom. The van der Waals surface area contributed by atoms with Gasteiger partial charge in [-0.2, -0.15) is 0 Å². The van der Waals surface area contributed by atoms with Crippen LogP contribution in [0.4, 0.5) is 0 Å². The molecule has 2 heteroatoms. The Morgan fingerprint density at radius 1 is 1.56 bits per heavy atom. The summed E-state index contributed by atoms with van der Waals surface area (Å²) < 4.78 is 0. The van der Waals surface area contributed by atoms with Gasteiger partial charge in [0, 0.05) is 19.6 Å². The third kappa shape index (κ3) is 2.33. The van der Waals surface area contributed by atoms with Crippen molar-refractivity contribution in [3.05, 3.63) is 0 Å².